The first-order chi connectivity index (χ1) is 6.60. The van der Waals surface area contributed by atoms with Gasteiger partial charge in [-0.3, -0.25) is 0 Å². The molecule has 0 aromatic heterocycles. The average molecular weight is 227 g/mol. The Morgan fingerprint density at radius 1 is 0.733 bits per heavy atom. The maximum atomic E-state index is 12.1. The smallest absolute Gasteiger partial charge is 0.165 e. The zero-order valence-electron chi connectivity index (χ0n) is 7.21. The summed E-state index contributed by atoms with van der Waals surface area (Å²) in [7, 11) is 0. The Bertz CT molecular complexity index is 328. The molecule has 0 aliphatic rings. The summed E-state index contributed by atoms with van der Waals surface area (Å²) >= 11 is 0. The van der Waals surface area contributed by atoms with Gasteiger partial charge in [-0.25, -0.2) is 0 Å². The fourth-order valence-corrected chi connectivity index (χ4v) is 1.02. The molecule has 0 N–H and O–H groups in total. The third kappa shape index (κ3) is 2.81. The van der Waals surface area contributed by atoms with Gasteiger partial charge in [0.2, 0.25) is 0 Å². The van der Waals surface area contributed by atoms with Gasteiger partial charge in [0, 0.05) is 6.92 Å². The van der Waals surface area contributed by atoms with E-state index in [2.05, 4.69) is 6.92 Å². The van der Waals surface area contributed by atoms with Gasteiger partial charge < -0.3 is 0 Å². The van der Waals surface area contributed by atoms with E-state index in [1.165, 1.54) is 0 Å². The Kier molecular flexibility index (Phi) is 2.63. The molecular formula is C9H5F6+. The van der Waals surface area contributed by atoms with Crippen LogP contribution < -0.4 is 0 Å². The van der Waals surface area contributed by atoms with Crippen molar-refractivity contribution in [3.63, 3.8) is 0 Å². The van der Waals surface area contributed by atoms with Crippen molar-refractivity contribution >= 4 is 0 Å². The van der Waals surface area contributed by atoms with Crippen LogP contribution in [0.15, 0.2) is 18.2 Å². The molecule has 1 aromatic rings. The minimum Gasteiger partial charge on any atom is -0.165 e. The van der Waals surface area contributed by atoms with Crippen LogP contribution in [0.1, 0.15) is 16.7 Å². The lowest BCUT2D eigenvalue weighted by molar-refractivity contribution is -0.143. The molecule has 0 saturated carbocycles. The molecule has 82 valence electrons. The predicted molar refractivity (Wildman–Crippen MR) is 40.9 cm³/mol. The van der Waals surface area contributed by atoms with Crippen LogP contribution in [0.4, 0.5) is 26.3 Å². The van der Waals surface area contributed by atoms with Gasteiger partial charge in [0.25, 0.3) is 0 Å². The lowest BCUT2D eigenvalue weighted by Crippen LogP contribution is -2.11. The van der Waals surface area contributed by atoms with Crippen molar-refractivity contribution in [3.8, 4) is 0 Å². The summed E-state index contributed by atoms with van der Waals surface area (Å²) in [6.07, 6.45) is -9.60. The van der Waals surface area contributed by atoms with Crippen LogP contribution in [0.25, 0.3) is 0 Å². The molecule has 0 aliphatic carbocycles. The van der Waals surface area contributed by atoms with E-state index in [4.69, 9.17) is 0 Å². The summed E-state index contributed by atoms with van der Waals surface area (Å²) in [6.45, 7) is 3.07. The molecule has 1 rings (SSSR count). The van der Waals surface area contributed by atoms with Gasteiger partial charge in [0.05, 0.1) is 12.1 Å². The zero-order valence-corrected chi connectivity index (χ0v) is 7.21. The predicted octanol–water partition coefficient (Wildman–Crippen LogP) is 3.91. The van der Waals surface area contributed by atoms with Crippen LogP contribution in [0.5, 0.6) is 0 Å². The van der Waals surface area contributed by atoms with Gasteiger partial charge >= 0.3 is 12.4 Å². The third-order valence-corrected chi connectivity index (χ3v) is 1.65. The lowest BCUT2D eigenvalue weighted by Gasteiger charge is -2.08. The van der Waals surface area contributed by atoms with E-state index in [9.17, 15) is 26.3 Å². The third-order valence-electron chi connectivity index (χ3n) is 1.65. The topological polar surface area (TPSA) is 0 Å². The van der Waals surface area contributed by atoms with Gasteiger partial charge in [-0.05, 0) is 6.07 Å². The Labute approximate surface area is 81.5 Å². The van der Waals surface area contributed by atoms with E-state index in [1.54, 1.807) is 0 Å². The second-order valence-corrected chi connectivity index (χ2v) is 2.91. The average Bonchev–Trinajstić information content (AvgIpc) is 1.99. The molecule has 6 heteroatoms. The van der Waals surface area contributed by atoms with Crippen molar-refractivity contribution in [2.45, 2.75) is 12.4 Å². The standard InChI is InChI=1S/C9H5F6/c1-5-2-6(8(10,11)12)4-7(3-5)9(13,14)15/h2-4H,1H2/q+1. The molecule has 0 radical (unpaired) electrons. The molecule has 0 atom stereocenters. The highest BCUT2D eigenvalue weighted by molar-refractivity contribution is 5.34. The van der Waals surface area contributed by atoms with Crippen molar-refractivity contribution in [2.75, 3.05) is 0 Å². The Morgan fingerprint density at radius 2 is 1.07 bits per heavy atom. The Morgan fingerprint density at radius 3 is 1.33 bits per heavy atom. The Hall–Kier alpha value is -1.33. The van der Waals surface area contributed by atoms with E-state index < -0.39 is 23.5 Å². The molecule has 0 spiro atoms. The summed E-state index contributed by atoms with van der Waals surface area (Å²) in [6, 6.07) is 1.19. The van der Waals surface area contributed by atoms with E-state index in [-0.39, 0.29) is 11.6 Å². The molecule has 0 aliphatic heterocycles. The molecule has 15 heavy (non-hydrogen) atoms. The minimum atomic E-state index is -4.80. The van der Waals surface area contributed by atoms with E-state index in [0.29, 0.717) is 12.1 Å². The van der Waals surface area contributed by atoms with Crippen LogP contribution in [-0.2, 0) is 12.4 Å². The zero-order chi connectivity index (χ0) is 11.9. The summed E-state index contributed by atoms with van der Waals surface area (Å²) in [5, 5.41) is 0. The van der Waals surface area contributed by atoms with Crippen molar-refractivity contribution < 1.29 is 26.3 Å². The molecule has 0 heterocycles. The monoisotopic (exact) mass is 227 g/mol. The summed E-state index contributed by atoms with van der Waals surface area (Å²) in [5.41, 5.74) is -3.01. The van der Waals surface area contributed by atoms with Gasteiger partial charge in [-0.15, -0.1) is 0 Å². The minimum absolute atomic E-state index is 0.0642. The highest BCUT2D eigenvalue weighted by Gasteiger charge is 2.39. The van der Waals surface area contributed by atoms with E-state index in [0.717, 1.165) is 0 Å². The first kappa shape index (κ1) is 11.7. The van der Waals surface area contributed by atoms with Crippen molar-refractivity contribution in [2.24, 2.45) is 0 Å². The van der Waals surface area contributed by atoms with Crippen LogP contribution in [-0.4, -0.2) is 0 Å². The van der Waals surface area contributed by atoms with Crippen molar-refractivity contribution in [1.29, 1.82) is 0 Å². The van der Waals surface area contributed by atoms with Gasteiger partial charge in [-0.1, -0.05) is 0 Å². The maximum absolute atomic E-state index is 12.1. The van der Waals surface area contributed by atoms with E-state index in [1.807, 2.05) is 0 Å². The van der Waals surface area contributed by atoms with Crippen molar-refractivity contribution in [1.82, 2.24) is 0 Å². The molecule has 0 amide bonds. The van der Waals surface area contributed by atoms with Crippen LogP contribution in [0.2, 0.25) is 0 Å². The number of benzene rings is 1. The van der Waals surface area contributed by atoms with Gasteiger partial charge in [-0.2, -0.15) is 26.3 Å². The van der Waals surface area contributed by atoms with Crippen LogP contribution in [0.3, 0.4) is 0 Å². The molecule has 0 nitrogen and oxygen atoms in total. The summed E-state index contributed by atoms with van der Waals surface area (Å²) < 4.78 is 72.8. The molecule has 0 bridgehead atoms. The van der Waals surface area contributed by atoms with Crippen molar-refractivity contribution in [3.05, 3.63) is 41.8 Å². The maximum Gasteiger partial charge on any atom is 0.428 e. The highest BCUT2D eigenvalue weighted by atomic mass is 19.4. The molecule has 1 aromatic carbocycles. The molecule has 0 unspecified atom stereocenters. The Balaban J connectivity index is 3.30. The number of rotatable bonds is 0. The fourth-order valence-electron chi connectivity index (χ4n) is 1.02. The molecule has 0 saturated heterocycles. The number of hydrogen-bond acceptors (Lipinski definition) is 0. The summed E-state index contributed by atoms with van der Waals surface area (Å²) in [5.74, 6) is 0. The largest absolute Gasteiger partial charge is 0.428 e. The quantitative estimate of drug-likeness (QED) is 0.465. The first-order valence-electron chi connectivity index (χ1n) is 3.72. The number of hydrogen-bond donors (Lipinski definition) is 0. The number of halogens is 6. The SMILES string of the molecule is [CH2+]c1cc(C(F)(F)F)cc(C(F)(F)F)c1. The molecule has 0 fully saturated rings. The lowest BCUT2D eigenvalue weighted by atomic mass is 10.1. The second kappa shape index (κ2) is 3.36. The fraction of sp³-hybridized carbons (Fsp3) is 0.222. The first-order valence-corrected chi connectivity index (χ1v) is 3.72. The summed E-state index contributed by atoms with van der Waals surface area (Å²) in [4.78, 5) is 0. The van der Waals surface area contributed by atoms with Crippen LogP contribution in [0, 0.1) is 6.92 Å². The second-order valence-electron chi connectivity index (χ2n) is 2.91. The van der Waals surface area contributed by atoms with Gasteiger partial charge in [0.15, 0.2) is 0 Å². The molecular weight excluding hydrogens is 222 g/mol. The van der Waals surface area contributed by atoms with E-state index >= 15 is 0 Å². The normalized spacial score (nSPS) is 12.9. The van der Waals surface area contributed by atoms with Gasteiger partial charge in [0.1, 0.15) is 16.7 Å². The highest BCUT2D eigenvalue weighted by Crippen LogP contribution is 2.35. The van der Waals surface area contributed by atoms with Crippen LogP contribution >= 0.6 is 0 Å². The number of alkyl halides is 6.